The topological polar surface area (TPSA) is 213 Å². The summed E-state index contributed by atoms with van der Waals surface area (Å²) in [4.78, 5) is 65.6. The summed E-state index contributed by atoms with van der Waals surface area (Å²) >= 11 is 0. The highest BCUT2D eigenvalue weighted by atomic mass is 32.2. The number of carbonyl (C=O) groups excluding carboxylic acids is 5. The van der Waals surface area contributed by atoms with E-state index in [4.69, 9.17) is 24.7 Å². The molecule has 4 amide bonds. The number of esters is 1. The van der Waals surface area contributed by atoms with Crippen molar-refractivity contribution in [2.24, 2.45) is 17.6 Å². The lowest BCUT2D eigenvalue weighted by atomic mass is 10.0. The SMILES string of the molecule is CN(C)S(=O)(=O)NC(=O)[C@H]1C[C@H]1/C=C\CCCCC[C@H](NC(=O)OC(C)(C)C)C(=O)N1C[C@H](OC(=O)c2ccc3c(c2)OCCO3)C[C@H]1C(N)=O. The Kier molecular flexibility index (Phi) is 12.9. The van der Waals surface area contributed by atoms with Gasteiger partial charge in [0.05, 0.1) is 12.1 Å². The molecule has 0 bridgehead atoms. The quantitative estimate of drug-likeness (QED) is 0.135. The van der Waals surface area contributed by atoms with Gasteiger partial charge in [0.1, 0.15) is 37.0 Å². The van der Waals surface area contributed by atoms with Crippen LogP contribution in [0.5, 0.6) is 11.5 Å². The molecule has 17 heteroatoms. The number of amides is 4. The molecule has 3 aliphatic rings. The number of alkyl carbamates (subject to hydrolysis) is 1. The minimum Gasteiger partial charge on any atom is -0.486 e. The lowest BCUT2D eigenvalue weighted by Crippen LogP contribution is -2.53. The number of carbonyl (C=O) groups is 5. The van der Waals surface area contributed by atoms with Gasteiger partial charge in [-0.15, -0.1) is 0 Å². The highest BCUT2D eigenvalue weighted by molar-refractivity contribution is 7.87. The first kappa shape index (κ1) is 39.4. The van der Waals surface area contributed by atoms with Gasteiger partial charge in [0.15, 0.2) is 11.5 Å². The summed E-state index contributed by atoms with van der Waals surface area (Å²) in [7, 11) is -1.14. The van der Waals surface area contributed by atoms with E-state index < -0.39 is 63.8 Å². The third-order valence-corrected chi connectivity index (χ3v) is 9.97. The van der Waals surface area contributed by atoms with Crippen molar-refractivity contribution in [3.8, 4) is 11.5 Å². The van der Waals surface area contributed by atoms with Crippen LogP contribution in [0.2, 0.25) is 0 Å². The summed E-state index contributed by atoms with van der Waals surface area (Å²) in [6.07, 6.45) is 5.78. The maximum absolute atomic E-state index is 13.9. The number of ether oxygens (including phenoxy) is 4. The Morgan fingerprint density at radius 2 is 1.76 bits per heavy atom. The smallest absolute Gasteiger partial charge is 0.408 e. The van der Waals surface area contributed by atoms with Crippen molar-refractivity contribution < 1.29 is 51.3 Å². The van der Waals surface area contributed by atoms with Crippen molar-refractivity contribution >= 4 is 40.0 Å². The van der Waals surface area contributed by atoms with Gasteiger partial charge in [-0.25, -0.2) is 14.3 Å². The molecule has 2 heterocycles. The Morgan fingerprint density at radius 3 is 2.43 bits per heavy atom. The van der Waals surface area contributed by atoms with E-state index in [1.165, 1.54) is 25.1 Å². The molecule has 2 aliphatic heterocycles. The Labute approximate surface area is 298 Å². The molecular weight excluding hydrogens is 686 g/mol. The van der Waals surface area contributed by atoms with Gasteiger partial charge in [0.2, 0.25) is 17.7 Å². The van der Waals surface area contributed by atoms with Gasteiger partial charge in [-0.2, -0.15) is 12.7 Å². The molecule has 5 atom stereocenters. The molecule has 1 aromatic rings. The van der Waals surface area contributed by atoms with Crippen LogP contribution < -0.4 is 25.2 Å². The van der Waals surface area contributed by atoms with Crippen molar-refractivity contribution in [2.45, 2.75) is 89.5 Å². The molecule has 1 aliphatic carbocycles. The Hall–Kier alpha value is -4.38. The molecule has 1 saturated heterocycles. The second kappa shape index (κ2) is 16.8. The Balaban J connectivity index is 1.31. The molecule has 2 fully saturated rings. The predicted octanol–water partition coefficient (Wildman–Crippen LogP) is 2.03. The highest BCUT2D eigenvalue weighted by Gasteiger charge is 2.44. The molecule has 0 aromatic heterocycles. The number of fused-ring (bicyclic) bond motifs is 1. The number of nitrogens with two attached hydrogens (primary N) is 1. The van der Waals surface area contributed by atoms with Crippen molar-refractivity contribution in [3.05, 3.63) is 35.9 Å². The molecule has 4 N–H and O–H groups in total. The summed E-state index contributed by atoms with van der Waals surface area (Å²) in [6, 6.07) is 2.57. The van der Waals surface area contributed by atoms with Crippen LogP contribution in [0, 0.1) is 11.8 Å². The molecular formula is C34H49N5O11S. The van der Waals surface area contributed by atoms with Crippen LogP contribution in [0.25, 0.3) is 0 Å². The maximum atomic E-state index is 13.9. The second-order valence-electron chi connectivity index (χ2n) is 14.1. The third kappa shape index (κ3) is 11.3. The number of rotatable bonds is 15. The fourth-order valence-corrected chi connectivity index (χ4v) is 6.36. The number of hydrogen-bond acceptors (Lipinski definition) is 11. The van der Waals surface area contributed by atoms with Gasteiger partial charge in [-0.05, 0) is 70.6 Å². The van der Waals surface area contributed by atoms with Crippen LogP contribution in [0.4, 0.5) is 4.79 Å². The van der Waals surface area contributed by atoms with Gasteiger partial charge in [0.25, 0.3) is 0 Å². The zero-order valence-electron chi connectivity index (χ0n) is 29.7. The first-order chi connectivity index (χ1) is 23.9. The summed E-state index contributed by atoms with van der Waals surface area (Å²) < 4.78 is 48.9. The van der Waals surface area contributed by atoms with E-state index in [1.54, 1.807) is 32.9 Å². The zero-order valence-corrected chi connectivity index (χ0v) is 30.5. The first-order valence-electron chi connectivity index (χ1n) is 17.1. The van der Waals surface area contributed by atoms with Crippen molar-refractivity contribution in [3.63, 3.8) is 0 Å². The summed E-state index contributed by atoms with van der Waals surface area (Å²) in [5, 5.41) is 2.65. The summed E-state index contributed by atoms with van der Waals surface area (Å²) in [5.74, 6) is -1.97. The number of nitrogens with one attached hydrogen (secondary N) is 2. The minimum absolute atomic E-state index is 0.00215. The maximum Gasteiger partial charge on any atom is 0.408 e. The molecule has 1 aromatic carbocycles. The molecule has 1 saturated carbocycles. The fraction of sp³-hybridized carbons (Fsp3) is 0.618. The normalized spacial score (nSPS) is 22.0. The first-order valence-corrected chi connectivity index (χ1v) is 18.5. The van der Waals surface area contributed by atoms with E-state index in [1.807, 2.05) is 12.2 Å². The average Bonchev–Trinajstić information content (AvgIpc) is 3.71. The third-order valence-electron chi connectivity index (χ3n) is 8.55. The van der Waals surface area contributed by atoms with E-state index in [0.29, 0.717) is 50.4 Å². The number of primary amides is 1. The molecule has 0 unspecified atom stereocenters. The van der Waals surface area contributed by atoms with Crippen molar-refractivity contribution in [2.75, 3.05) is 33.9 Å². The fourth-order valence-electron chi connectivity index (χ4n) is 5.77. The minimum atomic E-state index is -3.83. The molecule has 0 spiro atoms. The average molecular weight is 736 g/mol. The number of likely N-dealkylation sites (tertiary alicyclic amines) is 1. The van der Waals surface area contributed by atoms with Crippen LogP contribution in [0.15, 0.2) is 30.4 Å². The molecule has 16 nitrogen and oxygen atoms in total. The standard InChI is InChI=1S/C34H49N5O11S/c1-34(2,3)50-33(44)36-25(12-10-8-6-7-9-11-21-17-24(21)30(41)37-51(45,46)38(4)5)31(42)39-20-23(19-26(39)29(35)40)49-32(43)22-13-14-27-28(18-22)48-16-15-47-27/h9,11,13-14,18,21,23-26H,6-8,10,12,15-17,19-20H2,1-5H3,(H2,35,40)(H,36,44)(H,37,41)/b11-9-/t21-,23-,24+,25+,26+/m1/s1. The van der Waals surface area contributed by atoms with E-state index in [0.717, 1.165) is 10.7 Å². The van der Waals surface area contributed by atoms with Gasteiger partial charge in [0, 0.05) is 26.4 Å². The highest BCUT2D eigenvalue weighted by Crippen LogP contribution is 2.40. The van der Waals surface area contributed by atoms with E-state index >= 15 is 0 Å². The van der Waals surface area contributed by atoms with Crippen LogP contribution in [-0.2, 0) is 34.1 Å². The van der Waals surface area contributed by atoms with Gasteiger partial charge in [-0.3, -0.25) is 14.4 Å². The largest absolute Gasteiger partial charge is 0.486 e. The number of nitrogens with zero attached hydrogens (tertiary/aromatic N) is 2. The van der Waals surface area contributed by atoms with Crippen molar-refractivity contribution in [1.29, 1.82) is 0 Å². The lowest BCUT2D eigenvalue weighted by Gasteiger charge is -2.28. The van der Waals surface area contributed by atoms with E-state index in [2.05, 4.69) is 10.0 Å². The molecule has 51 heavy (non-hydrogen) atoms. The van der Waals surface area contributed by atoms with Crippen LogP contribution >= 0.6 is 0 Å². The van der Waals surface area contributed by atoms with Crippen LogP contribution in [0.1, 0.15) is 76.1 Å². The number of unbranched alkanes of at least 4 members (excludes halogenated alkanes) is 3. The predicted molar refractivity (Wildman–Crippen MR) is 184 cm³/mol. The monoisotopic (exact) mass is 735 g/mol. The number of benzene rings is 1. The summed E-state index contributed by atoms with van der Waals surface area (Å²) in [5.41, 5.74) is 5.08. The molecule has 282 valence electrons. The number of hydrogen-bond donors (Lipinski definition) is 3. The Morgan fingerprint density at radius 1 is 1.06 bits per heavy atom. The van der Waals surface area contributed by atoms with Gasteiger partial charge in [-0.1, -0.05) is 25.0 Å². The molecule has 4 rings (SSSR count). The van der Waals surface area contributed by atoms with Gasteiger partial charge < -0.3 is 34.9 Å². The van der Waals surface area contributed by atoms with Crippen molar-refractivity contribution in [1.82, 2.24) is 19.2 Å². The second-order valence-corrected chi connectivity index (χ2v) is 15.9. The Bertz CT molecular complexity index is 1610. The lowest BCUT2D eigenvalue weighted by molar-refractivity contribution is -0.139. The van der Waals surface area contributed by atoms with Gasteiger partial charge >= 0.3 is 22.3 Å². The van der Waals surface area contributed by atoms with Crippen LogP contribution in [0.3, 0.4) is 0 Å². The van der Waals surface area contributed by atoms with E-state index in [9.17, 15) is 32.4 Å². The number of allylic oxidation sites excluding steroid dienone is 2. The van der Waals surface area contributed by atoms with E-state index in [-0.39, 0.29) is 36.8 Å². The summed E-state index contributed by atoms with van der Waals surface area (Å²) in [6.45, 7) is 5.74. The molecule has 0 radical (unpaired) electrons. The zero-order chi connectivity index (χ0) is 37.5. The van der Waals surface area contributed by atoms with Crippen LogP contribution in [-0.4, -0.2) is 105 Å².